The van der Waals surface area contributed by atoms with E-state index in [1.54, 1.807) is 24.3 Å². The van der Waals surface area contributed by atoms with Crippen molar-refractivity contribution in [3.63, 3.8) is 0 Å². The molecule has 0 radical (unpaired) electrons. The van der Waals surface area contributed by atoms with E-state index in [9.17, 15) is 9.00 Å². The Labute approximate surface area is 163 Å². The Morgan fingerprint density at radius 1 is 1.19 bits per heavy atom. The van der Waals surface area contributed by atoms with Gasteiger partial charge in [-0.1, -0.05) is 11.6 Å². The zero-order chi connectivity index (χ0) is 19.0. The van der Waals surface area contributed by atoms with Crippen LogP contribution in [0.1, 0.15) is 48.0 Å². The van der Waals surface area contributed by atoms with Crippen molar-refractivity contribution in [3.05, 3.63) is 47.0 Å². The first-order chi connectivity index (χ1) is 13.0. The van der Waals surface area contributed by atoms with Gasteiger partial charge in [-0.3, -0.25) is 9.00 Å². The van der Waals surface area contributed by atoms with Crippen molar-refractivity contribution in [2.45, 2.75) is 42.7 Å². The molecular weight excluding hydrogens is 388 g/mol. The summed E-state index contributed by atoms with van der Waals surface area (Å²) in [5.74, 6) is 0.894. The quantitative estimate of drug-likeness (QED) is 0.699. The average Bonchev–Trinajstić information content (AvgIpc) is 3.29. The molecule has 6 nitrogen and oxygen atoms in total. The van der Waals surface area contributed by atoms with Crippen molar-refractivity contribution >= 4 is 39.4 Å². The number of hydrogen-bond donors (Lipinski definition) is 1. The Hall–Kier alpha value is -2.12. The second kappa shape index (κ2) is 7.48. The third-order valence-corrected chi connectivity index (χ3v) is 5.89. The van der Waals surface area contributed by atoms with Crippen molar-refractivity contribution in [2.24, 2.45) is 0 Å². The third kappa shape index (κ3) is 3.94. The van der Waals surface area contributed by atoms with E-state index in [1.807, 2.05) is 6.07 Å². The number of oxazole rings is 1. The molecule has 3 aromatic rings. The first-order valence-electron chi connectivity index (χ1n) is 8.79. The highest BCUT2D eigenvalue weighted by molar-refractivity contribution is 7.84. The maximum Gasteiger partial charge on any atom is 0.287 e. The Bertz CT molecular complexity index is 1000. The fraction of sp³-hybridized carbons (Fsp3) is 0.368. The molecule has 1 unspecified atom stereocenters. The summed E-state index contributed by atoms with van der Waals surface area (Å²) in [6.45, 7) is 0. The zero-order valence-electron chi connectivity index (χ0n) is 14.7. The van der Waals surface area contributed by atoms with Gasteiger partial charge in [-0.25, -0.2) is 4.98 Å². The fourth-order valence-corrected chi connectivity index (χ4v) is 4.06. The summed E-state index contributed by atoms with van der Waals surface area (Å²) in [4.78, 5) is 16.9. The van der Waals surface area contributed by atoms with Crippen LogP contribution in [0.25, 0.3) is 11.1 Å². The third-order valence-electron chi connectivity index (χ3n) is 4.87. The minimum Gasteiger partial charge on any atom is -0.442 e. The molecule has 1 aliphatic rings. The number of nitrogens with one attached hydrogen (secondary N) is 1. The molecule has 0 spiro atoms. The van der Waals surface area contributed by atoms with E-state index in [0.717, 1.165) is 42.7 Å². The first-order valence-corrected chi connectivity index (χ1v) is 10.7. The highest BCUT2D eigenvalue weighted by Gasteiger charge is 2.27. The van der Waals surface area contributed by atoms with Crippen LogP contribution in [0.2, 0.25) is 5.02 Å². The van der Waals surface area contributed by atoms with E-state index in [2.05, 4.69) is 10.3 Å². The summed E-state index contributed by atoms with van der Waals surface area (Å²) in [6, 6.07) is 8.63. The lowest BCUT2D eigenvalue weighted by atomic mass is 9.86. The van der Waals surface area contributed by atoms with Gasteiger partial charge in [0.15, 0.2) is 22.3 Å². The van der Waals surface area contributed by atoms with Gasteiger partial charge in [-0.15, -0.1) is 0 Å². The van der Waals surface area contributed by atoms with Gasteiger partial charge in [0.25, 0.3) is 5.91 Å². The smallest absolute Gasteiger partial charge is 0.287 e. The molecule has 1 atom stereocenters. The largest absolute Gasteiger partial charge is 0.442 e. The molecule has 1 saturated carbocycles. The minimum atomic E-state index is -1.24. The second-order valence-electron chi connectivity index (χ2n) is 6.76. The maximum absolute atomic E-state index is 12.3. The fourth-order valence-electron chi connectivity index (χ4n) is 3.43. The van der Waals surface area contributed by atoms with Crippen molar-refractivity contribution in [1.29, 1.82) is 0 Å². The van der Waals surface area contributed by atoms with Gasteiger partial charge < -0.3 is 14.2 Å². The molecule has 2 aromatic heterocycles. The lowest BCUT2D eigenvalue weighted by molar-refractivity contribution is 0.0891. The molecule has 8 heteroatoms. The van der Waals surface area contributed by atoms with Crippen LogP contribution in [0, 0.1) is 0 Å². The molecule has 142 valence electrons. The predicted octanol–water partition coefficient (Wildman–Crippen LogP) is 4.27. The van der Waals surface area contributed by atoms with Crippen LogP contribution < -0.4 is 5.32 Å². The molecule has 1 aliphatic carbocycles. The minimum absolute atomic E-state index is 0.0771. The highest BCUT2D eigenvalue weighted by atomic mass is 35.5. The second-order valence-corrected chi connectivity index (χ2v) is 8.51. The van der Waals surface area contributed by atoms with Crippen molar-refractivity contribution < 1.29 is 17.8 Å². The molecule has 1 aromatic carbocycles. The van der Waals surface area contributed by atoms with Crippen molar-refractivity contribution in [2.75, 3.05) is 6.26 Å². The van der Waals surface area contributed by atoms with Gasteiger partial charge in [0.05, 0.1) is 10.8 Å². The molecule has 1 amide bonds. The highest BCUT2D eigenvalue weighted by Crippen LogP contribution is 2.34. The molecule has 27 heavy (non-hydrogen) atoms. The van der Waals surface area contributed by atoms with Crippen LogP contribution >= 0.6 is 11.6 Å². The van der Waals surface area contributed by atoms with Gasteiger partial charge >= 0.3 is 0 Å². The van der Waals surface area contributed by atoms with Crippen molar-refractivity contribution in [1.82, 2.24) is 10.3 Å². The van der Waals surface area contributed by atoms with E-state index >= 15 is 0 Å². The van der Waals surface area contributed by atoms with Crippen molar-refractivity contribution in [3.8, 4) is 0 Å². The van der Waals surface area contributed by atoms with Gasteiger partial charge in [0, 0.05) is 23.2 Å². The van der Waals surface area contributed by atoms with Crippen LogP contribution in [-0.2, 0) is 10.8 Å². The zero-order valence-corrected chi connectivity index (χ0v) is 16.3. The number of carbonyl (C=O) groups is 1. The number of halogens is 1. The number of amides is 1. The summed E-state index contributed by atoms with van der Waals surface area (Å²) in [5.41, 5.74) is 1.52. The molecule has 1 fully saturated rings. The van der Waals surface area contributed by atoms with E-state index in [-0.39, 0.29) is 23.6 Å². The molecule has 0 saturated heterocycles. The molecule has 2 heterocycles. The first kappa shape index (κ1) is 18.3. The summed E-state index contributed by atoms with van der Waals surface area (Å²) < 4.78 is 22.6. The van der Waals surface area contributed by atoms with E-state index in [0.29, 0.717) is 10.1 Å². The summed E-state index contributed by atoms with van der Waals surface area (Å²) in [6.07, 6.45) is 4.95. The number of fused-ring (bicyclic) bond motifs is 1. The van der Waals surface area contributed by atoms with Gasteiger partial charge in [0.1, 0.15) is 5.52 Å². The van der Waals surface area contributed by atoms with Crippen LogP contribution in [0.4, 0.5) is 0 Å². The molecule has 4 rings (SSSR count). The molecule has 0 aliphatic heterocycles. The number of aromatic nitrogens is 1. The predicted molar refractivity (Wildman–Crippen MR) is 103 cm³/mol. The van der Waals surface area contributed by atoms with Gasteiger partial charge in [-0.05, 0) is 56.0 Å². The van der Waals surface area contributed by atoms with Crippen LogP contribution in [-0.4, -0.2) is 27.4 Å². The monoisotopic (exact) mass is 406 g/mol. The Morgan fingerprint density at radius 2 is 1.96 bits per heavy atom. The number of benzene rings is 1. The Balaban J connectivity index is 1.36. The lowest BCUT2D eigenvalue weighted by Crippen LogP contribution is -2.37. The normalized spacial score (nSPS) is 21.3. The Kier molecular flexibility index (Phi) is 5.06. The number of nitrogens with zero attached hydrogens (tertiary/aromatic N) is 1. The summed E-state index contributed by atoms with van der Waals surface area (Å²) in [5, 5.41) is 3.94. The van der Waals surface area contributed by atoms with E-state index in [4.69, 9.17) is 20.4 Å². The van der Waals surface area contributed by atoms with E-state index in [1.165, 1.54) is 6.26 Å². The lowest BCUT2D eigenvalue weighted by Gasteiger charge is -2.27. The van der Waals surface area contributed by atoms with Gasteiger partial charge in [0.2, 0.25) is 0 Å². The van der Waals surface area contributed by atoms with Crippen LogP contribution in [0.3, 0.4) is 0 Å². The number of rotatable bonds is 4. The molecular formula is C19H19ClN2O4S. The van der Waals surface area contributed by atoms with Crippen LogP contribution in [0.15, 0.2) is 44.3 Å². The number of carbonyl (C=O) groups excluding carboxylic acids is 1. The van der Waals surface area contributed by atoms with Gasteiger partial charge in [-0.2, -0.15) is 0 Å². The molecule has 0 bridgehead atoms. The number of hydrogen-bond acceptors (Lipinski definition) is 5. The van der Waals surface area contributed by atoms with E-state index < -0.39 is 10.8 Å². The topological polar surface area (TPSA) is 85.3 Å². The summed E-state index contributed by atoms with van der Waals surface area (Å²) in [7, 11) is -1.24. The standard InChI is InChI=1S/C19H19ClN2O4S/c1-27(24)17-9-8-16(25-17)18(23)21-13-5-2-11(3-6-13)19-22-14-10-12(20)4-7-15(14)26-19/h4,7-11,13H,2-3,5-6H2,1H3,(H,21,23). The maximum atomic E-state index is 12.3. The SMILES string of the molecule is CS(=O)c1ccc(C(=O)NC2CCC(c3nc4cc(Cl)ccc4o3)CC2)o1. The summed E-state index contributed by atoms with van der Waals surface area (Å²) >= 11 is 6.00. The van der Waals surface area contributed by atoms with Crippen LogP contribution in [0.5, 0.6) is 0 Å². The Morgan fingerprint density at radius 3 is 2.67 bits per heavy atom. The number of furan rings is 1. The average molecular weight is 407 g/mol. The molecule has 1 N–H and O–H groups in total.